The zero-order chi connectivity index (χ0) is 13.1. The quantitative estimate of drug-likeness (QED) is 0.834. The lowest BCUT2D eigenvalue weighted by atomic mass is 10.2. The maximum absolute atomic E-state index is 13.4. The van der Waals surface area contributed by atoms with Gasteiger partial charge in [0.1, 0.15) is 0 Å². The average molecular weight is 333 g/mol. The lowest BCUT2D eigenvalue weighted by Crippen LogP contribution is -2.03. The van der Waals surface area contributed by atoms with E-state index in [0.717, 1.165) is 16.1 Å². The van der Waals surface area contributed by atoms with Crippen molar-refractivity contribution in [3.05, 3.63) is 63.1 Å². The van der Waals surface area contributed by atoms with Crippen LogP contribution in [0.3, 0.4) is 0 Å². The molecule has 18 heavy (non-hydrogen) atoms. The zero-order valence-corrected chi connectivity index (χ0v) is 11.5. The largest absolute Gasteiger partial charge is 0.378 e. The second-order valence-electron chi connectivity index (χ2n) is 3.69. The first-order valence-electron chi connectivity index (χ1n) is 5.20. The van der Waals surface area contributed by atoms with E-state index < -0.39 is 11.6 Å². The molecular formula is C13H9BrClF2N. The summed E-state index contributed by atoms with van der Waals surface area (Å²) >= 11 is 9.33. The van der Waals surface area contributed by atoms with Gasteiger partial charge in [0.25, 0.3) is 0 Å². The van der Waals surface area contributed by atoms with Crippen LogP contribution in [-0.2, 0) is 6.54 Å². The molecule has 1 N–H and O–H groups in total. The highest BCUT2D eigenvalue weighted by Crippen LogP contribution is 2.23. The maximum atomic E-state index is 13.4. The van der Waals surface area contributed by atoms with Crippen LogP contribution >= 0.6 is 27.5 Å². The fraction of sp³-hybridized carbons (Fsp3) is 0.0769. The summed E-state index contributed by atoms with van der Waals surface area (Å²) in [6, 6.07) is 9.41. The summed E-state index contributed by atoms with van der Waals surface area (Å²) in [7, 11) is 0. The molecule has 0 atom stereocenters. The highest BCUT2D eigenvalue weighted by Gasteiger charge is 2.07. The molecule has 0 unspecified atom stereocenters. The smallest absolute Gasteiger partial charge is 0.181 e. The predicted molar refractivity (Wildman–Crippen MR) is 72.8 cm³/mol. The molecule has 0 fully saturated rings. The molecule has 0 bridgehead atoms. The van der Waals surface area contributed by atoms with Crippen LogP contribution in [0.5, 0.6) is 0 Å². The number of rotatable bonds is 3. The summed E-state index contributed by atoms with van der Waals surface area (Å²) in [6.45, 7) is 0.326. The van der Waals surface area contributed by atoms with Crippen molar-refractivity contribution >= 4 is 33.2 Å². The van der Waals surface area contributed by atoms with Crippen molar-refractivity contribution in [3.63, 3.8) is 0 Å². The topological polar surface area (TPSA) is 12.0 Å². The summed E-state index contributed by atoms with van der Waals surface area (Å²) in [5.74, 6) is -1.76. The summed E-state index contributed by atoms with van der Waals surface area (Å²) in [5, 5.41) is 3.38. The predicted octanol–water partition coefficient (Wildman–Crippen LogP) is 4.99. The first-order valence-corrected chi connectivity index (χ1v) is 6.37. The van der Waals surface area contributed by atoms with E-state index in [1.807, 2.05) is 12.1 Å². The van der Waals surface area contributed by atoms with Crippen LogP contribution in [-0.4, -0.2) is 0 Å². The fourth-order valence-corrected chi connectivity index (χ4v) is 2.24. The second-order valence-corrected chi connectivity index (χ2v) is 5.01. The Balaban J connectivity index is 2.14. The standard InChI is InChI=1S/C13H9BrClF2N/c14-9-5-4-8(10(15)6-9)7-18-12-3-1-2-11(16)13(12)17/h1-6,18H,7H2. The number of halogens is 4. The third kappa shape index (κ3) is 3.00. The molecule has 0 radical (unpaired) electrons. The number of hydrogen-bond donors (Lipinski definition) is 1. The van der Waals surface area contributed by atoms with Crippen molar-refractivity contribution in [1.82, 2.24) is 0 Å². The zero-order valence-electron chi connectivity index (χ0n) is 9.18. The van der Waals surface area contributed by atoms with Gasteiger partial charge < -0.3 is 5.32 Å². The third-order valence-electron chi connectivity index (χ3n) is 2.44. The molecule has 0 saturated carbocycles. The molecule has 0 amide bonds. The minimum absolute atomic E-state index is 0.119. The minimum atomic E-state index is -0.884. The van der Waals surface area contributed by atoms with Gasteiger partial charge in [-0.15, -0.1) is 0 Å². The van der Waals surface area contributed by atoms with Gasteiger partial charge in [0, 0.05) is 16.0 Å². The van der Waals surface area contributed by atoms with Crippen molar-refractivity contribution in [2.75, 3.05) is 5.32 Å². The van der Waals surface area contributed by atoms with Gasteiger partial charge in [-0.2, -0.15) is 0 Å². The third-order valence-corrected chi connectivity index (χ3v) is 3.28. The summed E-state index contributed by atoms with van der Waals surface area (Å²) in [5.41, 5.74) is 0.928. The first kappa shape index (κ1) is 13.3. The van der Waals surface area contributed by atoms with Gasteiger partial charge in [0.15, 0.2) is 11.6 Å². The Morgan fingerprint density at radius 3 is 2.67 bits per heavy atom. The van der Waals surface area contributed by atoms with Crippen LogP contribution < -0.4 is 5.32 Å². The van der Waals surface area contributed by atoms with Gasteiger partial charge in [0.05, 0.1) is 5.69 Å². The van der Waals surface area contributed by atoms with Crippen LogP contribution in [0.2, 0.25) is 5.02 Å². The van der Waals surface area contributed by atoms with E-state index in [-0.39, 0.29) is 5.69 Å². The highest BCUT2D eigenvalue weighted by molar-refractivity contribution is 9.10. The number of benzene rings is 2. The van der Waals surface area contributed by atoms with Crippen molar-refractivity contribution in [2.45, 2.75) is 6.54 Å². The summed E-state index contributed by atoms with van der Waals surface area (Å²) in [4.78, 5) is 0. The lowest BCUT2D eigenvalue weighted by molar-refractivity contribution is 0.511. The monoisotopic (exact) mass is 331 g/mol. The molecule has 2 rings (SSSR count). The number of hydrogen-bond acceptors (Lipinski definition) is 1. The molecule has 0 saturated heterocycles. The molecule has 0 heterocycles. The summed E-state index contributed by atoms with van der Waals surface area (Å²) in [6.07, 6.45) is 0. The van der Waals surface area contributed by atoms with E-state index >= 15 is 0 Å². The number of nitrogens with one attached hydrogen (secondary N) is 1. The maximum Gasteiger partial charge on any atom is 0.181 e. The van der Waals surface area contributed by atoms with Crippen LogP contribution in [0.15, 0.2) is 40.9 Å². The van der Waals surface area contributed by atoms with E-state index in [2.05, 4.69) is 21.2 Å². The van der Waals surface area contributed by atoms with Gasteiger partial charge in [-0.1, -0.05) is 39.7 Å². The molecule has 0 aromatic heterocycles. The van der Waals surface area contributed by atoms with Crippen molar-refractivity contribution in [1.29, 1.82) is 0 Å². The number of anilines is 1. The lowest BCUT2D eigenvalue weighted by Gasteiger charge is -2.09. The Hall–Kier alpha value is -1.13. The minimum Gasteiger partial charge on any atom is -0.378 e. The SMILES string of the molecule is Fc1cccc(NCc2ccc(Br)cc2Cl)c1F. The van der Waals surface area contributed by atoms with Crippen LogP contribution in [0.25, 0.3) is 0 Å². The second kappa shape index (κ2) is 5.67. The van der Waals surface area contributed by atoms with E-state index in [0.29, 0.717) is 11.6 Å². The van der Waals surface area contributed by atoms with Crippen molar-refractivity contribution < 1.29 is 8.78 Å². The molecular weight excluding hydrogens is 324 g/mol. The van der Waals surface area contributed by atoms with E-state index in [9.17, 15) is 8.78 Å². The molecule has 0 spiro atoms. The van der Waals surface area contributed by atoms with E-state index in [1.165, 1.54) is 12.1 Å². The Labute approximate surface area is 117 Å². The molecule has 1 nitrogen and oxygen atoms in total. The molecule has 2 aromatic rings. The van der Waals surface area contributed by atoms with E-state index in [1.54, 1.807) is 6.07 Å². The van der Waals surface area contributed by atoms with Gasteiger partial charge in [-0.3, -0.25) is 0 Å². The van der Waals surface area contributed by atoms with Crippen LogP contribution in [0.1, 0.15) is 5.56 Å². The van der Waals surface area contributed by atoms with Gasteiger partial charge in [-0.05, 0) is 29.8 Å². The molecule has 5 heteroatoms. The molecule has 0 aliphatic heterocycles. The van der Waals surface area contributed by atoms with Crippen molar-refractivity contribution in [3.8, 4) is 0 Å². The van der Waals surface area contributed by atoms with Gasteiger partial charge in [0.2, 0.25) is 0 Å². The summed E-state index contributed by atoms with van der Waals surface area (Å²) < 4.78 is 27.2. The van der Waals surface area contributed by atoms with Crippen LogP contribution in [0, 0.1) is 11.6 Å². The fourth-order valence-electron chi connectivity index (χ4n) is 1.50. The Morgan fingerprint density at radius 1 is 1.17 bits per heavy atom. The molecule has 0 aliphatic rings. The van der Waals surface area contributed by atoms with Crippen molar-refractivity contribution in [2.24, 2.45) is 0 Å². The Bertz CT molecular complexity index is 575. The highest BCUT2D eigenvalue weighted by atomic mass is 79.9. The van der Waals surface area contributed by atoms with E-state index in [4.69, 9.17) is 11.6 Å². The Kier molecular flexibility index (Phi) is 4.19. The molecule has 0 aliphatic carbocycles. The Morgan fingerprint density at radius 2 is 1.94 bits per heavy atom. The molecule has 94 valence electrons. The normalized spacial score (nSPS) is 10.4. The van der Waals surface area contributed by atoms with Gasteiger partial charge in [-0.25, -0.2) is 8.78 Å². The molecule has 2 aromatic carbocycles. The first-order chi connectivity index (χ1) is 8.58. The van der Waals surface area contributed by atoms with Crippen LogP contribution in [0.4, 0.5) is 14.5 Å². The average Bonchev–Trinajstić information content (AvgIpc) is 2.33. The van der Waals surface area contributed by atoms with Gasteiger partial charge >= 0.3 is 0 Å².